The first kappa shape index (κ1) is 22.4. The van der Waals surface area contributed by atoms with Crippen LogP contribution < -0.4 is 10.6 Å². The minimum Gasteiger partial charge on any atom is -0.352 e. The molecule has 1 aromatic carbocycles. The predicted molar refractivity (Wildman–Crippen MR) is 125 cm³/mol. The lowest BCUT2D eigenvalue weighted by atomic mass is 10.1. The zero-order chi connectivity index (χ0) is 18.4. The van der Waals surface area contributed by atoms with Crippen molar-refractivity contribution in [1.82, 2.24) is 20.4 Å². The van der Waals surface area contributed by atoms with Crippen molar-refractivity contribution in [3.05, 3.63) is 35.4 Å². The molecule has 2 aliphatic rings. The van der Waals surface area contributed by atoms with E-state index in [-0.39, 0.29) is 24.0 Å². The molecule has 0 amide bonds. The van der Waals surface area contributed by atoms with Gasteiger partial charge in [0.05, 0.1) is 0 Å². The van der Waals surface area contributed by atoms with Crippen LogP contribution in [0.3, 0.4) is 0 Å². The lowest BCUT2D eigenvalue weighted by molar-refractivity contribution is 0.242. The molecule has 0 bridgehead atoms. The van der Waals surface area contributed by atoms with Gasteiger partial charge < -0.3 is 15.5 Å². The van der Waals surface area contributed by atoms with Crippen molar-refractivity contribution in [2.45, 2.75) is 57.3 Å². The first-order chi connectivity index (χ1) is 12.7. The summed E-state index contributed by atoms with van der Waals surface area (Å²) in [5.41, 5.74) is 2.71. The average molecular weight is 485 g/mol. The van der Waals surface area contributed by atoms with E-state index in [1.165, 1.54) is 49.8 Å². The Morgan fingerprint density at radius 1 is 1.15 bits per heavy atom. The molecule has 0 aromatic heterocycles. The van der Waals surface area contributed by atoms with Crippen LogP contribution in [0.15, 0.2) is 29.3 Å². The normalized spacial score (nSPS) is 21.5. The molecule has 5 nitrogen and oxygen atoms in total. The second kappa shape index (κ2) is 11.2. The maximum absolute atomic E-state index is 4.45. The van der Waals surface area contributed by atoms with Gasteiger partial charge in [-0.2, -0.15) is 0 Å². The highest BCUT2D eigenvalue weighted by atomic mass is 127. The Bertz CT molecular complexity index is 598. The summed E-state index contributed by atoms with van der Waals surface area (Å²) in [6.07, 6.45) is 6.82. The van der Waals surface area contributed by atoms with E-state index in [2.05, 4.69) is 63.8 Å². The van der Waals surface area contributed by atoms with E-state index in [4.69, 9.17) is 0 Å². The molecule has 27 heavy (non-hydrogen) atoms. The molecule has 1 aliphatic carbocycles. The standard InChI is InChI=1S/C21H35N5.HI/c1-22-21(23-14-17-8-4-5-9-18(17)15-25(2)3)24-19-12-13-26(16-19)20-10-6-7-11-20;/h4-5,8-9,19-20H,6-7,10-16H2,1-3H3,(H2,22,23,24);1H. The maximum atomic E-state index is 4.45. The monoisotopic (exact) mass is 485 g/mol. The smallest absolute Gasteiger partial charge is 0.191 e. The molecular weight excluding hydrogens is 449 g/mol. The van der Waals surface area contributed by atoms with Crippen molar-refractivity contribution in [3.8, 4) is 0 Å². The number of nitrogens with zero attached hydrogens (tertiary/aromatic N) is 3. The van der Waals surface area contributed by atoms with Gasteiger partial charge >= 0.3 is 0 Å². The summed E-state index contributed by atoms with van der Waals surface area (Å²) in [5, 5.41) is 7.15. The second-order valence-electron chi connectivity index (χ2n) is 8.00. The molecule has 2 fully saturated rings. The highest BCUT2D eigenvalue weighted by Crippen LogP contribution is 2.26. The van der Waals surface area contributed by atoms with Crippen LogP contribution in [-0.2, 0) is 13.1 Å². The molecule has 1 aliphatic heterocycles. The predicted octanol–water partition coefficient (Wildman–Crippen LogP) is 3.05. The number of aliphatic imine (C=N–C) groups is 1. The lowest BCUT2D eigenvalue weighted by Gasteiger charge is -2.24. The highest BCUT2D eigenvalue weighted by Gasteiger charge is 2.30. The lowest BCUT2D eigenvalue weighted by Crippen LogP contribution is -2.45. The number of nitrogens with one attached hydrogen (secondary N) is 2. The molecular formula is C21H36IN5. The molecule has 1 aromatic rings. The molecule has 1 saturated carbocycles. The maximum Gasteiger partial charge on any atom is 0.191 e. The summed E-state index contributed by atoms with van der Waals surface area (Å²) in [6.45, 7) is 4.15. The van der Waals surface area contributed by atoms with Crippen molar-refractivity contribution in [2.75, 3.05) is 34.2 Å². The van der Waals surface area contributed by atoms with Gasteiger partial charge in [-0.1, -0.05) is 37.1 Å². The van der Waals surface area contributed by atoms with E-state index in [0.29, 0.717) is 6.04 Å². The van der Waals surface area contributed by atoms with E-state index in [0.717, 1.165) is 31.6 Å². The molecule has 1 saturated heterocycles. The van der Waals surface area contributed by atoms with Crippen LogP contribution in [0.5, 0.6) is 0 Å². The number of hydrogen-bond donors (Lipinski definition) is 2. The highest BCUT2D eigenvalue weighted by molar-refractivity contribution is 14.0. The van der Waals surface area contributed by atoms with Crippen LogP contribution in [-0.4, -0.2) is 62.1 Å². The molecule has 0 spiro atoms. The van der Waals surface area contributed by atoms with Crippen molar-refractivity contribution >= 4 is 29.9 Å². The number of guanidine groups is 1. The topological polar surface area (TPSA) is 42.9 Å². The van der Waals surface area contributed by atoms with E-state index >= 15 is 0 Å². The summed E-state index contributed by atoms with van der Waals surface area (Å²) >= 11 is 0. The molecule has 3 rings (SSSR count). The summed E-state index contributed by atoms with van der Waals surface area (Å²) in [4.78, 5) is 9.34. The van der Waals surface area contributed by atoms with E-state index in [1.807, 2.05) is 7.05 Å². The van der Waals surface area contributed by atoms with Gasteiger partial charge in [-0.25, -0.2) is 0 Å². The van der Waals surface area contributed by atoms with Crippen molar-refractivity contribution in [1.29, 1.82) is 0 Å². The van der Waals surface area contributed by atoms with E-state index in [1.54, 1.807) is 0 Å². The van der Waals surface area contributed by atoms with E-state index < -0.39 is 0 Å². The molecule has 152 valence electrons. The molecule has 6 heteroatoms. The van der Waals surface area contributed by atoms with Gasteiger partial charge in [0.15, 0.2) is 5.96 Å². The van der Waals surface area contributed by atoms with Gasteiger partial charge in [0.2, 0.25) is 0 Å². The van der Waals surface area contributed by atoms with Gasteiger partial charge in [-0.05, 0) is 44.5 Å². The average Bonchev–Trinajstić information content (AvgIpc) is 3.30. The van der Waals surface area contributed by atoms with Crippen LogP contribution in [0.2, 0.25) is 0 Å². The van der Waals surface area contributed by atoms with E-state index in [9.17, 15) is 0 Å². The zero-order valence-corrected chi connectivity index (χ0v) is 19.4. The fraction of sp³-hybridized carbons (Fsp3) is 0.667. The minimum absolute atomic E-state index is 0. The third-order valence-corrected chi connectivity index (χ3v) is 5.68. The molecule has 1 unspecified atom stereocenters. The van der Waals surface area contributed by atoms with Crippen LogP contribution in [0.25, 0.3) is 0 Å². The summed E-state index contributed by atoms with van der Waals surface area (Å²) in [6, 6.07) is 9.99. The van der Waals surface area contributed by atoms with Crippen molar-refractivity contribution in [2.24, 2.45) is 4.99 Å². The fourth-order valence-electron chi connectivity index (χ4n) is 4.30. The fourth-order valence-corrected chi connectivity index (χ4v) is 4.30. The minimum atomic E-state index is 0. The van der Waals surface area contributed by atoms with Gasteiger partial charge in [-0.15, -0.1) is 24.0 Å². The Morgan fingerprint density at radius 2 is 1.85 bits per heavy atom. The summed E-state index contributed by atoms with van der Waals surface area (Å²) in [7, 11) is 6.09. The Morgan fingerprint density at radius 3 is 2.52 bits per heavy atom. The second-order valence-corrected chi connectivity index (χ2v) is 8.00. The van der Waals surface area contributed by atoms with Crippen LogP contribution >= 0.6 is 24.0 Å². The molecule has 0 radical (unpaired) electrons. The van der Waals surface area contributed by atoms with Crippen LogP contribution in [0.1, 0.15) is 43.2 Å². The largest absolute Gasteiger partial charge is 0.352 e. The van der Waals surface area contributed by atoms with Crippen LogP contribution in [0, 0.1) is 0 Å². The van der Waals surface area contributed by atoms with Crippen molar-refractivity contribution in [3.63, 3.8) is 0 Å². The summed E-state index contributed by atoms with van der Waals surface area (Å²) in [5.74, 6) is 0.919. The summed E-state index contributed by atoms with van der Waals surface area (Å²) < 4.78 is 0. The SMILES string of the molecule is CN=C(NCc1ccccc1CN(C)C)NC1CCN(C2CCCC2)C1.I. The quantitative estimate of drug-likeness (QED) is 0.370. The number of rotatable bonds is 6. The van der Waals surface area contributed by atoms with Crippen LogP contribution in [0.4, 0.5) is 0 Å². The molecule has 2 N–H and O–H groups in total. The third kappa shape index (κ3) is 6.61. The Labute approximate surface area is 182 Å². The third-order valence-electron chi connectivity index (χ3n) is 5.68. The first-order valence-corrected chi connectivity index (χ1v) is 10.1. The zero-order valence-electron chi connectivity index (χ0n) is 17.1. The Kier molecular flexibility index (Phi) is 9.32. The van der Waals surface area contributed by atoms with Crippen molar-refractivity contribution < 1.29 is 0 Å². The Hall–Kier alpha value is -0.860. The van der Waals surface area contributed by atoms with Gasteiger partial charge in [-0.3, -0.25) is 9.89 Å². The van der Waals surface area contributed by atoms with Gasteiger partial charge in [0, 0.05) is 45.3 Å². The first-order valence-electron chi connectivity index (χ1n) is 10.1. The number of hydrogen-bond acceptors (Lipinski definition) is 3. The number of likely N-dealkylation sites (tertiary alicyclic amines) is 1. The number of benzene rings is 1. The van der Waals surface area contributed by atoms with Gasteiger partial charge in [0.25, 0.3) is 0 Å². The number of halogens is 1. The molecule has 1 atom stereocenters. The van der Waals surface area contributed by atoms with Gasteiger partial charge in [0.1, 0.15) is 0 Å². The molecule has 1 heterocycles. The Balaban J connectivity index is 0.00000261.